The lowest BCUT2D eigenvalue weighted by molar-refractivity contribution is -0.0645. The second-order valence-corrected chi connectivity index (χ2v) is 5.81. The van der Waals surface area contributed by atoms with Crippen LogP contribution in [-0.2, 0) is 18.9 Å². The van der Waals surface area contributed by atoms with Crippen molar-refractivity contribution in [3.05, 3.63) is 11.1 Å². The SMILES string of the molecule is COC[C@H]1O[C@@H](n2c(Br)nc3c(N)ncnc32)[C@@H](OC)C1OC. The molecule has 0 bridgehead atoms. The van der Waals surface area contributed by atoms with E-state index in [1.165, 1.54) is 6.33 Å². The molecular weight excluding hydrogens is 370 g/mol. The largest absolute Gasteiger partial charge is 0.382 e. The van der Waals surface area contributed by atoms with Crippen molar-refractivity contribution in [2.75, 3.05) is 33.7 Å². The van der Waals surface area contributed by atoms with E-state index in [0.717, 1.165) is 0 Å². The van der Waals surface area contributed by atoms with Crippen LogP contribution in [0, 0.1) is 0 Å². The standard InChI is InChI=1S/C13H18BrN5O4/c1-20-4-6-8(21-2)9(22-3)12(23-6)19-11-7(18-13(19)14)10(15)16-5-17-11/h5-6,8-9,12H,4H2,1-3H3,(H2,15,16,17)/t6-,8?,9+,12-/m1/s1. The van der Waals surface area contributed by atoms with Crippen LogP contribution in [0.2, 0.25) is 0 Å². The Balaban J connectivity index is 2.07. The molecule has 2 N–H and O–H groups in total. The quantitative estimate of drug-likeness (QED) is 0.748. The van der Waals surface area contributed by atoms with E-state index in [0.29, 0.717) is 28.3 Å². The molecule has 0 saturated carbocycles. The number of hydrogen-bond donors (Lipinski definition) is 1. The summed E-state index contributed by atoms with van der Waals surface area (Å²) in [6.45, 7) is 0.385. The molecule has 3 rings (SSSR count). The lowest BCUT2D eigenvalue weighted by atomic mass is 10.1. The highest BCUT2D eigenvalue weighted by molar-refractivity contribution is 9.10. The van der Waals surface area contributed by atoms with Crippen molar-refractivity contribution in [1.82, 2.24) is 19.5 Å². The van der Waals surface area contributed by atoms with E-state index < -0.39 is 6.23 Å². The van der Waals surface area contributed by atoms with E-state index in [-0.39, 0.29) is 18.3 Å². The summed E-state index contributed by atoms with van der Waals surface area (Å²) in [5.74, 6) is 0.304. The Morgan fingerprint density at radius 2 is 2.00 bits per heavy atom. The molecule has 4 atom stereocenters. The number of nitrogen functional groups attached to an aromatic ring is 1. The van der Waals surface area contributed by atoms with Crippen LogP contribution >= 0.6 is 15.9 Å². The minimum atomic E-state index is -0.487. The van der Waals surface area contributed by atoms with Crippen molar-refractivity contribution < 1.29 is 18.9 Å². The van der Waals surface area contributed by atoms with Crippen LogP contribution in [0.25, 0.3) is 11.2 Å². The predicted molar refractivity (Wildman–Crippen MR) is 84.8 cm³/mol. The number of ether oxygens (including phenoxy) is 4. The zero-order valence-electron chi connectivity index (χ0n) is 13.0. The van der Waals surface area contributed by atoms with Gasteiger partial charge in [0.1, 0.15) is 24.6 Å². The minimum Gasteiger partial charge on any atom is -0.382 e. The fraction of sp³-hybridized carbons (Fsp3) is 0.615. The van der Waals surface area contributed by atoms with Crippen LogP contribution in [-0.4, -0.2) is 65.8 Å². The van der Waals surface area contributed by atoms with Crippen molar-refractivity contribution in [2.45, 2.75) is 24.5 Å². The van der Waals surface area contributed by atoms with Gasteiger partial charge in [-0.25, -0.2) is 15.0 Å². The first kappa shape index (κ1) is 16.5. The summed E-state index contributed by atoms with van der Waals surface area (Å²) in [5.41, 5.74) is 6.93. The average molecular weight is 388 g/mol. The molecule has 1 unspecified atom stereocenters. The van der Waals surface area contributed by atoms with Gasteiger partial charge in [0.15, 0.2) is 27.9 Å². The van der Waals surface area contributed by atoms with E-state index in [1.807, 2.05) is 0 Å². The van der Waals surface area contributed by atoms with Crippen molar-refractivity contribution in [2.24, 2.45) is 0 Å². The van der Waals surface area contributed by atoms with Gasteiger partial charge in [0.25, 0.3) is 0 Å². The molecule has 0 aliphatic carbocycles. The number of nitrogens with zero attached hydrogens (tertiary/aromatic N) is 4. The molecule has 9 nitrogen and oxygen atoms in total. The number of halogens is 1. The van der Waals surface area contributed by atoms with E-state index in [9.17, 15) is 0 Å². The molecule has 1 aliphatic heterocycles. The summed E-state index contributed by atoms with van der Waals surface area (Å²) in [6.07, 6.45) is -0.0137. The van der Waals surface area contributed by atoms with Crippen molar-refractivity contribution >= 4 is 32.9 Å². The molecule has 10 heteroatoms. The number of rotatable bonds is 5. The Kier molecular flexibility index (Phi) is 4.78. The van der Waals surface area contributed by atoms with Crippen molar-refractivity contribution in [3.63, 3.8) is 0 Å². The highest BCUT2D eigenvalue weighted by Gasteiger charge is 2.47. The van der Waals surface area contributed by atoms with Gasteiger partial charge >= 0.3 is 0 Å². The Bertz CT molecular complexity index is 696. The van der Waals surface area contributed by atoms with Crippen LogP contribution in [0.4, 0.5) is 5.82 Å². The van der Waals surface area contributed by atoms with Gasteiger partial charge in [0, 0.05) is 21.3 Å². The fourth-order valence-electron chi connectivity index (χ4n) is 2.88. The summed E-state index contributed by atoms with van der Waals surface area (Å²) in [5, 5.41) is 0. The fourth-order valence-corrected chi connectivity index (χ4v) is 3.42. The molecule has 23 heavy (non-hydrogen) atoms. The lowest BCUT2D eigenvalue weighted by Gasteiger charge is -2.22. The van der Waals surface area contributed by atoms with Gasteiger partial charge in [-0.1, -0.05) is 0 Å². The van der Waals surface area contributed by atoms with Gasteiger partial charge < -0.3 is 24.7 Å². The normalized spacial score (nSPS) is 27.8. The molecule has 1 fully saturated rings. The molecule has 0 radical (unpaired) electrons. The van der Waals surface area contributed by atoms with Gasteiger partial charge in [-0.2, -0.15) is 0 Å². The summed E-state index contributed by atoms with van der Waals surface area (Å²) >= 11 is 3.43. The maximum Gasteiger partial charge on any atom is 0.181 e. The minimum absolute atomic E-state index is 0.275. The summed E-state index contributed by atoms with van der Waals surface area (Å²) in [6, 6.07) is 0. The molecule has 1 saturated heterocycles. The summed E-state index contributed by atoms with van der Waals surface area (Å²) in [7, 11) is 4.84. The first-order valence-electron chi connectivity index (χ1n) is 6.96. The maximum atomic E-state index is 6.10. The average Bonchev–Trinajstić information content (AvgIpc) is 3.05. The first-order valence-corrected chi connectivity index (χ1v) is 7.75. The third-order valence-electron chi connectivity index (χ3n) is 3.88. The monoisotopic (exact) mass is 387 g/mol. The number of nitrogens with two attached hydrogens (primary N) is 1. The van der Waals surface area contributed by atoms with Crippen LogP contribution in [0.3, 0.4) is 0 Å². The zero-order valence-corrected chi connectivity index (χ0v) is 14.6. The highest BCUT2D eigenvalue weighted by atomic mass is 79.9. The van der Waals surface area contributed by atoms with Gasteiger partial charge in [-0.05, 0) is 15.9 Å². The summed E-state index contributed by atoms with van der Waals surface area (Å²) in [4.78, 5) is 12.6. The van der Waals surface area contributed by atoms with E-state index >= 15 is 0 Å². The summed E-state index contributed by atoms with van der Waals surface area (Å²) < 4.78 is 24.8. The smallest absolute Gasteiger partial charge is 0.181 e. The molecule has 0 amide bonds. The van der Waals surface area contributed by atoms with E-state index in [2.05, 4.69) is 30.9 Å². The van der Waals surface area contributed by atoms with Crippen molar-refractivity contribution in [3.8, 4) is 0 Å². The Hall–Kier alpha value is -1.33. The Morgan fingerprint density at radius 3 is 2.65 bits per heavy atom. The Morgan fingerprint density at radius 1 is 1.26 bits per heavy atom. The second kappa shape index (κ2) is 6.65. The number of hydrogen-bond acceptors (Lipinski definition) is 8. The maximum absolute atomic E-state index is 6.10. The third-order valence-corrected chi connectivity index (χ3v) is 4.44. The molecule has 2 aromatic heterocycles. The molecule has 0 spiro atoms. The lowest BCUT2D eigenvalue weighted by Crippen LogP contribution is -2.36. The van der Waals surface area contributed by atoms with Crippen molar-refractivity contribution in [1.29, 1.82) is 0 Å². The second-order valence-electron chi connectivity index (χ2n) is 5.10. The molecular formula is C13H18BrN5O4. The van der Waals surface area contributed by atoms with Crippen LogP contribution < -0.4 is 5.73 Å². The van der Waals surface area contributed by atoms with Gasteiger partial charge in [-0.3, -0.25) is 4.57 Å². The van der Waals surface area contributed by atoms with Crippen LogP contribution in [0.1, 0.15) is 6.23 Å². The highest BCUT2D eigenvalue weighted by Crippen LogP contribution is 2.37. The molecule has 3 heterocycles. The number of aromatic nitrogens is 4. The number of methoxy groups -OCH3 is 3. The first-order chi connectivity index (χ1) is 11.1. The van der Waals surface area contributed by atoms with Crippen LogP contribution in [0.5, 0.6) is 0 Å². The number of imidazole rings is 1. The van der Waals surface area contributed by atoms with Gasteiger partial charge in [0.05, 0.1) is 6.61 Å². The topological polar surface area (TPSA) is 107 Å². The Labute approximate surface area is 141 Å². The third kappa shape index (κ3) is 2.70. The number of anilines is 1. The van der Waals surface area contributed by atoms with Gasteiger partial charge in [0.2, 0.25) is 0 Å². The number of fused-ring (bicyclic) bond motifs is 1. The van der Waals surface area contributed by atoms with E-state index in [1.54, 1.807) is 25.9 Å². The van der Waals surface area contributed by atoms with Crippen LogP contribution in [0.15, 0.2) is 11.1 Å². The molecule has 0 aromatic carbocycles. The van der Waals surface area contributed by atoms with Gasteiger partial charge in [-0.15, -0.1) is 0 Å². The zero-order chi connectivity index (χ0) is 16.6. The van der Waals surface area contributed by atoms with E-state index in [4.69, 9.17) is 24.7 Å². The predicted octanol–water partition coefficient (Wildman–Crippen LogP) is 0.745. The molecule has 126 valence electrons. The molecule has 2 aromatic rings. The molecule has 1 aliphatic rings.